The number of carbonyl (C=O) groups excluding carboxylic acids is 6. The number of morpholine rings is 2. The zero-order valence-corrected chi connectivity index (χ0v) is 33.5. The lowest BCUT2D eigenvalue weighted by molar-refractivity contribution is -0.168. The highest BCUT2D eigenvalue weighted by Gasteiger charge is 2.27. The molecule has 0 atom stereocenters. The first-order chi connectivity index (χ1) is 27.8. The Morgan fingerprint density at radius 1 is 0.492 bits per heavy atom. The smallest absolute Gasteiger partial charge is 0.327 e. The number of carboxylic acids is 4. The van der Waals surface area contributed by atoms with Crippen LogP contribution in [0.2, 0.25) is 0 Å². The molecule has 0 saturated carbocycles. The summed E-state index contributed by atoms with van der Waals surface area (Å²) >= 11 is 0. The summed E-state index contributed by atoms with van der Waals surface area (Å²) in [7, 11) is 0. The molecule has 2 aliphatic rings. The van der Waals surface area contributed by atoms with Gasteiger partial charge in [0.05, 0.1) is 78.7 Å². The van der Waals surface area contributed by atoms with Crippen LogP contribution in [0.15, 0.2) is 0 Å². The maximum atomic E-state index is 11.7. The molecule has 0 amide bonds. The quantitative estimate of drug-likeness (QED) is 0.0311. The Balaban J connectivity index is 0.00000109. The Morgan fingerprint density at radius 2 is 0.746 bits per heavy atom. The van der Waals surface area contributed by atoms with Crippen molar-refractivity contribution in [1.29, 1.82) is 0 Å². The van der Waals surface area contributed by atoms with Gasteiger partial charge in [0.15, 0.2) is 0 Å². The summed E-state index contributed by atoms with van der Waals surface area (Å²) in [5.74, 6) is -8.21. The van der Waals surface area contributed by atoms with Gasteiger partial charge in [-0.3, -0.25) is 77.3 Å². The van der Waals surface area contributed by atoms with Gasteiger partial charge in [0.2, 0.25) is 0 Å². The molecule has 0 aliphatic carbocycles. The molecular formula is C34H56N6O19. The van der Waals surface area contributed by atoms with Crippen LogP contribution in [0, 0.1) is 0 Å². The molecule has 59 heavy (non-hydrogen) atoms. The maximum absolute atomic E-state index is 11.7. The van der Waals surface area contributed by atoms with Crippen molar-refractivity contribution < 1.29 is 92.4 Å². The van der Waals surface area contributed by atoms with Gasteiger partial charge in [-0.15, -0.1) is 0 Å². The van der Waals surface area contributed by atoms with Crippen molar-refractivity contribution in [3.05, 3.63) is 0 Å². The van der Waals surface area contributed by atoms with Crippen LogP contribution >= 0.6 is 0 Å². The van der Waals surface area contributed by atoms with Gasteiger partial charge >= 0.3 is 59.7 Å². The second-order valence-corrected chi connectivity index (χ2v) is 12.6. The van der Waals surface area contributed by atoms with Crippen LogP contribution < -0.4 is 0 Å². The molecule has 0 spiro atoms. The van der Waals surface area contributed by atoms with Gasteiger partial charge in [-0.05, 0) is 20.8 Å². The molecule has 5 N–H and O–H groups in total. The Labute approximate surface area is 339 Å². The van der Waals surface area contributed by atoms with Crippen LogP contribution in [0.5, 0.6) is 0 Å². The summed E-state index contributed by atoms with van der Waals surface area (Å²) in [6.45, 7) is 4.86. The highest BCUT2D eigenvalue weighted by Crippen LogP contribution is 2.04. The summed E-state index contributed by atoms with van der Waals surface area (Å²) in [5, 5.41) is 43.7. The molecule has 0 aromatic carbocycles. The standard InChI is InChI=1S/C18H31N3O10.C14H19N3O8.C2H6O/c1-3-30-17(28)12-20(10-15(24)25)7-5-19(9-14(22)23)6-8-21(11-16(26)27)13-18(29)31-4-2;18-10(19)5-15(1-3-16-6-11(20)24-12(21)7-16)2-4-17-8-13(22)25-14(23)9-17;1-2-3/h3-13H2,1-2H3,(H,22,23)(H,24,25)(H,26,27);1-9H2,(H,18,19);3H,2H2,1H3. The number of ether oxygens (including phenoxy) is 4. The molecule has 0 radical (unpaired) electrons. The molecule has 0 aromatic heterocycles. The predicted molar refractivity (Wildman–Crippen MR) is 197 cm³/mol. The highest BCUT2D eigenvalue weighted by molar-refractivity contribution is 5.90. The third kappa shape index (κ3) is 28.8. The van der Waals surface area contributed by atoms with Crippen LogP contribution in [0.4, 0.5) is 0 Å². The van der Waals surface area contributed by atoms with Crippen LogP contribution in [0.1, 0.15) is 20.8 Å². The number of aliphatic hydroxyl groups is 1. The summed E-state index contributed by atoms with van der Waals surface area (Å²) in [6.07, 6.45) is 0. The van der Waals surface area contributed by atoms with E-state index >= 15 is 0 Å². The molecule has 2 rings (SSSR count). The number of aliphatic hydroxyl groups excluding tert-OH is 1. The van der Waals surface area contributed by atoms with Gasteiger partial charge in [0.1, 0.15) is 0 Å². The van der Waals surface area contributed by atoms with E-state index in [9.17, 15) is 47.9 Å². The van der Waals surface area contributed by atoms with Crippen LogP contribution in [0.3, 0.4) is 0 Å². The van der Waals surface area contributed by atoms with Gasteiger partial charge < -0.3 is 44.5 Å². The number of esters is 6. The van der Waals surface area contributed by atoms with Crippen molar-refractivity contribution >= 4 is 59.7 Å². The van der Waals surface area contributed by atoms with Crippen LogP contribution in [0.25, 0.3) is 0 Å². The monoisotopic (exact) mass is 852 g/mol. The molecule has 0 aromatic rings. The number of carbonyl (C=O) groups is 10. The van der Waals surface area contributed by atoms with Crippen molar-refractivity contribution in [3.63, 3.8) is 0 Å². The van der Waals surface area contributed by atoms with E-state index in [1.165, 1.54) is 14.7 Å². The SMILES string of the molecule is CCO.CCOC(=O)CN(CCN(CCN(CC(=O)O)CC(=O)OCC)CC(=O)O)CC(=O)O.O=C(O)CN(CCN1CC(=O)OC(=O)C1)CCN1CC(=O)OC(=O)C1. The van der Waals surface area contributed by atoms with E-state index in [2.05, 4.69) is 9.47 Å². The normalized spacial score (nSPS) is 14.5. The molecule has 2 aliphatic heterocycles. The lowest BCUT2D eigenvalue weighted by atomic mass is 10.3. The van der Waals surface area contributed by atoms with E-state index < -0.39 is 72.8 Å². The minimum Gasteiger partial charge on any atom is -0.480 e. The van der Waals surface area contributed by atoms with Crippen LogP contribution in [-0.4, -0.2) is 252 Å². The minimum absolute atomic E-state index is 0.0287. The maximum Gasteiger partial charge on any atom is 0.327 e. The molecule has 0 bridgehead atoms. The number of nitrogens with zero attached hydrogens (tertiary/aromatic N) is 6. The fourth-order valence-corrected chi connectivity index (χ4v) is 5.18. The van der Waals surface area contributed by atoms with E-state index in [1.807, 2.05) is 0 Å². The zero-order chi connectivity index (χ0) is 44.9. The zero-order valence-electron chi connectivity index (χ0n) is 33.5. The molecule has 336 valence electrons. The van der Waals surface area contributed by atoms with Crippen molar-refractivity contribution in [2.75, 3.05) is 138 Å². The summed E-state index contributed by atoms with van der Waals surface area (Å²) in [6, 6.07) is 0. The highest BCUT2D eigenvalue weighted by atomic mass is 16.6. The topological polar surface area (TPSA) is 328 Å². The number of carboxylic acid groups (broad SMARTS) is 4. The Kier molecular flexibility index (Phi) is 28.1. The largest absolute Gasteiger partial charge is 0.480 e. The van der Waals surface area contributed by atoms with Crippen molar-refractivity contribution in [3.8, 4) is 0 Å². The third-order valence-corrected chi connectivity index (χ3v) is 7.55. The Bertz CT molecular complexity index is 1300. The van der Waals surface area contributed by atoms with Gasteiger partial charge in [0, 0.05) is 59.0 Å². The lowest BCUT2D eigenvalue weighted by Gasteiger charge is -2.30. The van der Waals surface area contributed by atoms with Gasteiger partial charge in [0.25, 0.3) is 0 Å². The molecule has 2 heterocycles. The van der Waals surface area contributed by atoms with Gasteiger partial charge in [-0.1, -0.05) is 0 Å². The first-order valence-electron chi connectivity index (χ1n) is 18.4. The summed E-state index contributed by atoms with van der Waals surface area (Å²) in [5.41, 5.74) is 0. The number of cyclic esters (lactones) is 4. The second-order valence-electron chi connectivity index (χ2n) is 12.6. The van der Waals surface area contributed by atoms with E-state index in [0.717, 1.165) is 0 Å². The van der Waals surface area contributed by atoms with Gasteiger partial charge in [-0.25, -0.2) is 0 Å². The van der Waals surface area contributed by atoms with E-state index in [1.54, 1.807) is 35.5 Å². The van der Waals surface area contributed by atoms with Gasteiger partial charge in [-0.2, -0.15) is 0 Å². The fraction of sp³-hybridized carbons (Fsp3) is 0.706. The van der Waals surface area contributed by atoms with Crippen molar-refractivity contribution in [2.24, 2.45) is 0 Å². The van der Waals surface area contributed by atoms with Crippen molar-refractivity contribution in [2.45, 2.75) is 20.8 Å². The summed E-state index contributed by atoms with van der Waals surface area (Å²) < 4.78 is 18.5. The molecule has 25 nitrogen and oxygen atoms in total. The average Bonchev–Trinajstić information content (AvgIpc) is 3.09. The first-order valence-corrected chi connectivity index (χ1v) is 18.4. The average molecular weight is 853 g/mol. The number of hydrogen-bond acceptors (Lipinski definition) is 21. The minimum atomic E-state index is -1.16. The molecular weight excluding hydrogens is 796 g/mol. The number of aliphatic carboxylic acids is 4. The molecule has 25 heteroatoms. The third-order valence-electron chi connectivity index (χ3n) is 7.55. The second kappa shape index (κ2) is 30.8. The van der Waals surface area contributed by atoms with E-state index in [-0.39, 0.29) is 98.4 Å². The Morgan fingerprint density at radius 3 is 1.02 bits per heavy atom. The van der Waals surface area contributed by atoms with E-state index in [4.69, 9.17) is 35.0 Å². The van der Waals surface area contributed by atoms with E-state index in [0.29, 0.717) is 26.2 Å². The fourth-order valence-electron chi connectivity index (χ4n) is 5.18. The number of hydrogen-bond donors (Lipinski definition) is 5. The predicted octanol–water partition coefficient (Wildman–Crippen LogP) is -4.59. The van der Waals surface area contributed by atoms with Crippen molar-refractivity contribution in [1.82, 2.24) is 29.4 Å². The van der Waals surface area contributed by atoms with Crippen LogP contribution in [-0.2, 0) is 66.9 Å². The molecule has 2 saturated heterocycles. The first kappa shape index (κ1) is 53.8. The summed E-state index contributed by atoms with van der Waals surface area (Å²) in [4.78, 5) is 121. The lowest BCUT2D eigenvalue weighted by Crippen LogP contribution is -2.49. The molecule has 2 fully saturated rings. The molecule has 0 unspecified atom stereocenters. The number of rotatable bonds is 26. The Hall–Kier alpha value is -5.18.